The Kier molecular flexibility index (Phi) is 5.00. The van der Waals surface area contributed by atoms with E-state index in [-0.39, 0.29) is 29.8 Å². The van der Waals surface area contributed by atoms with Crippen molar-refractivity contribution in [2.45, 2.75) is 11.6 Å². The molecule has 0 unspecified atom stereocenters. The van der Waals surface area contributed by atoms with Crippen LogP contribution < -0.4 is 5.32 Å². The zero-order valence-corrected chi connectivity index (χ0v) is 15.5. The molecule has 2 heterocycles. The third-order valence-corrected chi connectivity index (χ3v) is 6.24. The number of hydrogen-bond donors (Lipinski definition) is 1. The Hall–Kier alpha value is -2.58. The van der Waals surface area contributed by atoms with Gasteiger partial charge in [-0.05, 0) is 18.2 Å². The van der Waals surface area contributed by atoms with E-state index in [1.807, 2.05) is 6.07 Å². The van der Waals surface area contributed by atoms with Crippen molar-refractivity contribution in [3.05, 3.63) is 66.0 Å². The van der Waals surface area contributed by atoms with Crippen molar-refractivity contribution in [3.63, 3.8) is 0 Å². The van der Waals surface area contributed by atoms with Crippen LogP contribution in [0.5, 0.6) is 0 Å². The van der Waals surface area contributed by atoms with Gasteiger partial charge in [0.1, 0.15) is 23.0 Å². The third-order valence-electron chi connectivity index (χ3n) is 3.97. The number of carbonyl (C=O) groups is 1. The lowest BCUT2D eigenvalue weighted by atomic mass is 10.2. The molecule has 0 saturated carbocycles. The number of thioether (sulfide) groups is 1. The molecule has 0 bridgehead atoms. The van der Waals surface area contributed by atoms with Crippen molar-refractivity contribution >= 4 is 49.3 Å². The molecule has 27 heavy (non-hydrogen) atoms. The summed E-state index contributed by atoms with van der Waals surface area (Å²) in [6.45, 7) is 0.124. The topological polar surface area (TPSA) is 54.9 Å². The zero-order chi connectivity index (χ0) is 18.8. The van der Waals surface area contributed by atoms with Crippen LogP contribution in [0.3, 0.4) is 0 Å². The molecule has 2 aromatic heterocycles. The fourth-order valence-corrected chi connectivity index (χ4v) is 4.76. The molecule has 8 heteroatoms. The number of amides is 1. The molecule has 0 fully saturated rings. The van der Waals surface area contributed by atoms with E-state index in [4.69, 9.17) is 0 Å². The second-order valence-electron chi connectivity index (χ2n) is 5.73. The van der Waals surface area contributed by atoms with E-state index in [1.54, 1.807) is 24.3 Å². The van der Waals surface area contributed by atoms with E-state index < -0.39 is 0 Å². The van der Waals surface area contributed by atoms with E-state index in [2.05, 4.69) is 15.3 Å². The largest absolute Gasteiger partial charge is 0.351 e. The minimum Gasteiger partial charge on any atom is -0.351 e. The van der Waals surface area contributed by atoms with E-state index in [9.17, 15) is 13.6 Å². The summed E-state index contributed by atoms with van der Waals surface area (Å²) < 4.78 is 29.3. The van der Waals surface area contributed by atoms with Crippen molar-refractivity contribution in [3.8, 4) is 0 Å². The maximum absolute atomic E-state index is 14.1. The standard InChI is InChI=1S/C19H13F2N3OS2/c20-12-5-2-1-4-11(12)8-22-15(25)9-26-19-18-17(23-10-24-19)16-13(21)6-3-7-14(16)27-18/h1-7,10H,8-9H2,(H,22,25). The van der Waals surface area contributed by atoms with E-state index in [0.29, 0.717) is 21.5 Å². The first-order chi connectivity index (χ1) is 13.1. The molecule has 2 aromatic carbocycles. The van der Waals surface area contributed by atoms with E-state index >= 15 is 0 Å². The minimum atomic E-state index is -0.352. The number of nitrogens with zero attached hydrogens (tertiary/aromatic N) is 2. The Morgan fingerprint density at radius 1 is 1.07 bits per heavy atom. The van der Waals surface area contributed by atoms with Gasteiger partial charge in [0.05, 0.1) is 21.4 Å². The Bertz CT molecular complexity index is 1150. The van der Waals surface area contributed by atoms with Crippen LogP contribution in [-0.4, -0.2) is 21.6 Å². The van der Waals surface area contributed by atoms with Crippen LogP contribution in [-0.2, 0) is 11.3 Å². The van der Waals surface area contributed by atoms with Gasteiger partial charge in [-0.3, -0.25) is 4.79 Å². The number of thiophene rings is 1. The molecule has 1 N–H and O–H groups in total. The summed E-state index contributed by atoms with van der Waals surface area (Å²) in [7, 11) is 0. The number of benzene rings is 2. The summed E-state index contributed by atoms with van der Waals surface area (Å²) in [6.07, 6.45) is 1.38. The number of nitrogens with one attached hydrogen (secondary N) is 1. The first-order valence-corrected chi connectivity index (χ1v) is 9.88. The van der Waals surface area contributed by atoms with Crippen LogP contribution in [0.25, 0.3) is 20.3 Å². The number of aromatic nitrogens is 2. The Morgan fingerprint density at radius 3 is 2.74 bits per heavy atom. The van der Waals surface area contributed by atoms with Crippen LogP contribution in [0.4, 0.5) is 8.78 Å². The molecular formula is C19H13F2N3OS2. The molecule has 0 atom stereocenters. The van der Waals surface area contributed by atoms with Crippen LogP contribution in [0.15, 0.2) is 53.8 Å². The Morgan fingerprint density at radius 2 is 1.89 bits per heavy atom. The number of carbonyl (C=O) groups excluding carboxylic acids is 1. The first-order valence-electron chi connectivity index (χ1n) is 8.08. The van der Waals surface area contributed by atoms with Gasteiger partial charge in [-0.2, -0.15) is 0 Å². The molecule has 1 amide bonds. The lowest BCUT2D eigenvalue weighted by Crippen LogP contribution is -2.25. The van der Waals surface area contributed by atoms with E-state index in [1.165, 1.54) is 41.6 Å². The summed E-state index contributed by atoms with van der Waals surface area (Å²) in [4.78, 5) is 20.6. The van der Waals surface area contributed by atoms with Crippen LogP contribution in [0, 0.1) is 11.6 Å². The van der Waals surface area contributed by atoms with Crippen LogP contribution in [0.1, 0.15) is 5.56 Å². The first kappa shape index (κ1) is 17.8. The third kappa shape index (κ3) is 3.63. The molecular weight excluding hydrogens is 388 g/mol. The van der Waals surface area contributed by atoms with Crippen molar-refractivity contribution in [2.24, 2.45) is 0 Å². The SMILES string of the molecule is O=C(CSc1ncnc2c1sc1cccc(F)c12)NCc1ccccc1F. The van der Waals surface area contributed by atoms with Crippen molar-refractivity contribution < 1.29 is 13.6 Å². The fraction of sp³-hybridized carbons (Fsp3) is 0.105. The highest BCUT2D eigenvalue weighted by atomic mass is 32.2. The number of halogens is 2. The predicted octanol–water partition coefficient (Wildman–Crippen LogP) is 4.53. The molecule has 0 aliphatic heterocycles. The maximum Gasteiger partial charge on any atom is 0.230 e. The van der Waals surface area contributed by atoms with Gasteiger partial charge < -0.3 is 5.32 Å². The summed E-state index contributed by atoms with van der Waals surface area (Å²) >= 11 is 2.65. The highest BCUT2D eigenvalue weighted by molar-refractivity contribution is 8.00. The van der Waals surface area contributed by atoms with Gasteiger partial charge in [0.25, 0.3) is 0 Å². The highest BCUT2D eigenvalue weighted by Crippen LogP contribution is 2.38. The molecule has 0 aliphatic carbocycles. The van der Waals surface area contributed by atoms with Crippen molar-refractivity contribution in [1.29, 1.82) is 0 Å². The number of rotatable bonds is 5. The average molecular weight is 401 g/mol. The predicted molar refractivity (Wildman–Crippen MR) is 104 cm³/mol. The normalized spacial score (nSPS) is 11.2. The molecule has 136 valence electrons. The van der Waals surface area contributed by atoms with E-state index in [0.717, 1.165) is 9.40 Å². The van der Waals surface area contributed by atoms with Gasteiger partial charge in [0.15, 0.2) is 0 Å². The molecule has 4 nitrogen and oxygen atoms in total. The van der Waals surface area contributed by atoms with Crippen molar-refractivity contribution in [1.82, 2.24) is 15.3 Å². The van der Waals surface area contributed by atoms with Crippen molar-refractivity contribution in [2.75, 3.05) is 5.75 Å². The average Bonchev–Trinajstić information content (AvgIpc) is 3.06. The number of hydrogen-bond acceptors (Lipinski definition) is 5. The second kappa shape index (κ2) is 7.58. The number of fused-ring (bicyclic) bond motifs is 3. The lowest BCUT2D eigenvalue weighted by Gasteiger charge is -2.06. The zero-order valence-electron chi connectivity index (χ0n) is 13.9. The lowest BCUT2D eigenvalue weighted by molar-refractivity contribution is -0.118. The van der Waals surface area contributed by atoms with Gasteiger partial charge in [-0.15, -0.1) is 11.3 Å². The van der Waals surface area contributed by atoms with Crippen LogP contribution in [0.2, 0.25) is 0 Å². The summed E-state index contributed by atoms with van der Waals surface area (Å²) in [5, 5.41) is 3.80. The monoisotopic (exact) mass is 401 g/mol. The molecule has 0 aliphatic rings. The van der Waals surface area contributed by atoms with Gasteiger partial charge >= 0.3 is 0 Å². The highest BCUT2D eigenvalue weighted by Gasteiger charge is 2.15. The Labute approximate surface area is 161 Å². The minimum absolute atomic E-state index is 0.122. The van der Waals surface area contributed by atoms with Gasteiger partial charge in [0.2, 0.25) is 5.91 Å². The quantitative estimate of drug-likeness (QED) is 0.394. The van der Waals surface area contributed by atoms with Crippen LogP contribution >= 0.6 is 23.1 Å². The molecule has 0 saturated heterocycles. The molecule has 0 radical (unpaired) electrons. The molecule has 4 aromatic rings. The fourth-order valence-electron chi connectivity index (χ4n) is 2.68. The summed E-state index contributed by atoms with van der Waals surface area (Å²) in [5.74, 6) is -0.786. The summed E-state index contributed by atoms with van der Waals surface area (Å²) in [5.41, 5.74) is 0.984. The summed E-state index contributed by atoms with van der Waals surface area (Å²) in [6, 6.07) is 11.2. The molecule has 0 spiro atoms. The Balaban J connectivity index is 1.49. The smallest absolute Gasteiger partial charge is 0.230 e. The second-order valence-corrected chi connectivity index (χ2v) is 7.74. The van der Waals surface area contributed by atoms with Gasteiger partial charge in [-0.1, -0.05) is 36.0 Å². The molecule has 4 rings (SSSR count). The maximum atomic E-state index is 14.1. The van der Waals surface area contributed by atoms with Gasteiger partial charge in [-0.25, -0.2) is 18.7 Å². The van der Waals surface area contributed by atoms with Gasteiger partial charge in [0, 0.05) is 16.8 Å².